The largest absolute Gasteiger partial charge is 0.359 e. The van der Waals surface area contributed by atoms with Crippen molar-refractivity contribution >= 4 is 17.5 Å². The van der Waals surface area contributed by atoms with Gasteiger partial charge in [0.1, 0.15) is 5.69 Å². The van der Waals surface area contributed by atoms with Gasteiger partial charge in [0.05, 0.1) is 4.92 Å². The van der Waals surface area contributed by atoms with Gasteiger partial charge in [-0.05, 0) is 26.7 Å². The van der Waals surface area contributed by atoms with Crippen LogP contribution in [-0.4, -0.2) is 27.5 Å². The lowest BCUT2D eigenvalue weighted by Gasteiger charge is -2.34. The lowest BCUT2D eigenvalue weighted by atomic mass is 9.83. The van der Waals surface area contributed by atoms with E-state index in [9.17, 15) is 10.1 Å². The number of nitrogens with zero attached hydrogens (tertiary/aromatic N) is 3. The van der Waals surface area contributed by atoms with Crippen LogP contribution in [0.5, 0.6) is 0 Å². The summed E-state index contributed by atoms with van der Waals surface area (Å²) >= 11 is 0. The second kappa shape index (κ2) is 5.60. The summed E-state index contributed by atoms with van der Waals surface area (Å²) in [6.45, 7) is 3.74. The molecular weight excluding hydrogens is 258 g/mol. The van der Waals surface area contributed by atoms with Crippen LogP contribution >= 0.6 is 0 Å². The Morgan fingerprint density at radius 2 is 1.90 bits per heavy atom. The quantitative estimate of drug-likeness (QED) is 0.650. The summed E-state index contributed by atoms with van der Waals surface area (Å²) in [6.07, 6.45) is 5.51. The van der Waals surface area contributed by atoms with E-state index >= 15 is 0 Å². The third-order valence-corrected chi connectivity index (χ3v) is 3.84. The van der Waals surface area contributed by atoms with Gasteiger partial charge in [0.25, 0.3) is 0 Å². The second-order valence-electron chi connectivity index (χ2n) is 5.58. The molecule has 0 aromatic carbocycles. The summed E-state index contributed by atoms with van der Waals surface area (Å²) in [5, 5.41) is 17.4. The van der Waals surface area contributed by atoms with Crippen LogP contribution < -0.4 is 10.6 Å². The molecular formula is C13H21N5O2. The Balaban J connectivity index is 2.38. The summed E-state index contributed by atoms with van der Waals surface area (Å²) in [5.74, 6) is 0.714. The number of nitro groups is 1. The minimum atomic E-state index is -0.413. The van der Waals surface area contributed by atoms with Crippen LogP contribution in [-0.2, 0) is 0 Å². The van der Waals surface area contributed by atoms with Gasteiger partial charge < -0.3 is 10.6 Å². The highest BCUT2D eigenvalue weighted by Crippen LogP contribution is 2.34. The van der Waals surface area contributed by atoms with Gasteiger partial charge in [-0.15, -0.1) is 0 Å². The van der Waals surface area contributed by atoms with E-state index in [1.165, 1.54) is 6.42 Å². The van der Waals surface area contributed by atoms with Gasteiger partial charge in [-0.25, -0.2) is 4.98 Å². The van der Waals surface area contributed by atoms with E-state index in [2.05, 4.69) is 27.5 Å². The van der Waals surface area contributed by atoms with Crippen molar-refractivity contribution in [3.8, 4) is 0 Å². The monoisotopic (exact) mass is 279 g/mol. The molecule has 7 nitrogen and oxygen atoms in total. The van der Waals surface area contributed by atoms with Crippen LogP contribution in [0.4, 0.5) is 17.5 Å². The number of rotatable bonds is 4. The van der Waals surface area contributed by atoms with Gasteiger partial charge in [0.2, 0.25) is 11.8 Å². The Morgan fingerprint density at radius 3 is 2.45 bits per heavy atom. The zero-order chi connectivity index (χ0) is 14.8. The van der Waals surface area contributed by atoms with Gasteiger partial charge >= 0.3 is 5.69 Å². The maximum atomic E-state index is 11.3. The van der Waals surface area contributed by atoms with Gasteiger partial charge in [-0.1, -0.05) is 19.3 Å². The first-order valence-corrected chi connectivity index (χ1v) is 6.94. The third-order valence-electron chi connectivity index (χ3n) is 3.84. The molecule has 1 aliphatic carbocycles. The van der Waals surface area contributed by atoms with E-state index in [1.807, 2.05) is 0 Å². The number of aryl methyl sites for hydroxylation is 1. The topological polar surface area (TPSA) is 93.0 Å². The van der Waals surface area contributed by atoms with Crippen LogP contribution in [0.15, 0.2) is 0 Å². The average molecular weight is 279 g/mol. The molecule has 1 aromatic rings. The van der Waals surface area contributed by atoms with Crippen LogP contribution in [0.2, 0.25) is 0 Å². The summed E-state index contributed by atoms with van der Waals surface area (Å²) < 4.78 is 0. The molecule has 1 aromatic heterocycles. The predicted molar refractivity (Wildman–Crippen MR) is 78.1 cm³/mol. The number of hydrogen-bond donors (Lipinski definition) is 2. The lowest BCUT2D eigenvalue weighted by molar-refractivity contribution is -0.385. The van der Waals surface area contributed by atoms with E-state index in [4.69, 9.17) is 0 Å². The van der Waals surface area contributed by atoms with Gasteiger partial charge in [-0.2, -0.15) is 4.98 Å². The van der Waals surface area contributed by atoms with Crippen LogP contribution in [0.25, 0.3) is 0 Å². The van der Waals surface area contributed by atoms with E-state index in [1.54, 1.807) is 14.0 Å². The van der Waals surface area contributed by atoms with Gasteiger partial charge in [0, 0.05) is 12.6 Å². The molecule has 110 valence electrons. The van der Waals surface area contributed by atoms with Gasteiger partial charge in [-0.3, -0.25) is 10.1 Å². The van der Waals surface area contributed by atoms with Crippen molar-refractivity contribution in [1.82, 2.24) is 9.97 Å². The summed E-state index contributed by atoms with van der Waals surface area (Å²) in [5.41, 5.74) is 0.210. The highest BCUT2D eigenvalue weighted by molar-refractivity contribution is 5.61. The van der Waals surface area contributed by atoms with Crippen molar-refractivity contribution < 1.29 is 4.92 Å². The fraction of sp³-hybridized carbons (Fsp3) is 0.692. The van der Waals surface area contributed by atoms with E-state index in [0.29, 0.717) is 17.5 Å². The number of nitrogens with one attached hydrogen (secondary N) is 2. The molecule has 1 saturated carbocycles. The minimum Gasteiger partial charge on any atom is -0.359 e. The maximum Gasteiger partial charge on any atom is 0.332 e. The molecule has 2 N–H and O–H groups in total. The highest BCUT2D eigenvalue weighted by Gasteiger charge is 2.31. The molecule has 0 atom stereocenters. The predicted octanol–water partition coefficient (Wildman–Crippen LogP) is 2.87. The Bertz CT molecular complexity index is 512. The Labute approximate surface area is 118 Å². The fourth-order valence-corrected chi connectivity index (χ4v) is 2.73. The number of aromatic nitrogens is 2. The zero-order valence-electron chi connectivity index (χ0n) is 12.2. The van der Waals surface area contributed by atoms with Crippen molar-refractivity contribution in [2.75, 3.05) is 17.7 Å². The van der Waals surface area contributed by atoms with Crippen molar-refractivity contribution in [3.05, 3.63) is 15.8 Å². The Morgan fingerprint density at radius 1 is 1.25 bits per heavy atom. The number of anilines is 2. The van der Waals surface area contributed by atoms with Crippen LogP contribution in [0.1, 0.15) is 44.7 Å². The molecule has 0 radical (unpaired) electrons. The van der Waals surface area contributed by atoms with Crippen LogP contribution in [0, 0.1) is 17.0 Å². The van der Waals surface area contributed by atoms with E-state index in [-0.39, 0.29) is 11.2 Å². The maximum absolute atomic E-state index is 11.3. The summed E-state index contributed by atoms with van der Waals surface area (Å²) in [6, 6.07) is 0. The second-order valence-corrected chi connectivity index (χ2v) is 5.58. The van der Waals surface area contributed by atoms with Crippen LogP contribution in [0.3, 0.4) is 0 Å². The molecule has 0 saturated heterocycles. The molecule has 7 heteroatoms. The summed E-state index contributed by atoms with van der Waals surface area (Å²) in [4.78, 5) is 19.2. The molecule has 0 aliphatic heterocycles. The highest BCUT2D eigenvalue weighted by atomic mass is 16.6. The molecule has 1 heterocycles. The van der Waals surface area contributed by atoms with E-state index < -0.39 is 4.92 Å². The Hall–Kier alpha value is -1.92. The smallest absolute Gasteiger partial charge is 0.332 e. The van der Waals surface area contributed by atoms with Crippen molar-refractivity contribution in [2.45, 2.75) is 51.5 Å². The zero-order valence-corrected chi connectivity index (χ0v) is 12.2. The van der Waals surface area contributed by atoms with Gasteiger partial charge in [0.15, 0.2) is 0 Å². The average Bonchev–Trinajstić information content (AvgIpc) is 2.37. The number of hydrogen-bond acceptors (Lipinski definition) is 6. The Kier molecular flexibility index (Phi) is 4.06. The SMILES string of the molecule is CNc1nc(C)c([N+](=O)[O-])c(NC2(C)CCCCC2)n1. The summed E-state index contributed by atoms with van der Waals surface area (Å²) in [7, 11) is 1.70. The molecule has 20 heavy (non-hydrogen) atoms. The molecule has 0 spiro atoms. The standard InChI is InChI=1S/C13H21N5O2/c1-9-10(18(19)20)11(16-12(14-3)15-9)17-13(2)7-5-4-6-8-13/h4-8H2,1-3H3,(H2,14,15,16,17). The fourth-order valence-electron chi connectivity index (χ4n) is 2.73. The lowest BCUT2D eigenvalue weighted by Crippen LogP contribution is -2.37. The van der Waals surface area contributed by atoms with Crippen molar-refractivity contribution in [2.24, 2.45) is 0 Å². The van der Waals surface area contributed by atoms with Crippen molar-refractivity contribution in [1.29, 1.82) is 0 Å². The minimum absolute atomic E-state index is 0.0317. The van der Waals surface area contributed by atoms with E-state index in [0.717, 1.165) is 25.7 Å². The molecule has 0 bridgehead atoms. The molecule has 0 amide bonds. The first kappa shape index (κ1) is 14.5. The molecule has 1 aliphatic rings. The first-order valence-electron chi connectivity index (χ1n) is 6.94. The van der Waals surface area contributed by atoms with Crippen molar-refractivity contribution in [3.63, 3.8) is 0 Å². The molecule has 2 rings (SSSR count). The molecule has 0 unspecified atom stereocenters. The normalized spacial score (nSPS) is 17.6. The molecule has 1 fully saturated rings. The third kappa shape index (κ3) is 2.97. The first-order chi connectivity index (χ1) is 9.45.